The number of benzene rings is 1. The van der Waals surface area contributed by atoms with Gasteiger partial charge in [0.05, 0.1) is 6.61 Å². The van der Waals surface area contributed by atoms with Crippen molar-refractivity contribution in [1.29, 1.82) is 0 Å². The maximum absolute atomic E-state index is 11.5. The summed E-state index contributed by atoms with van der Waals surface area (Å²) in [6.07, 6.45) is 0. The fourth-order valence-electron chi connectivity index (χ4n) is 1.54. The molecule has 100 valence electrons. The Labute approximate surface area is 108 Å². The number of aryl methyl sites for hydroxylation is 1. The van der Waals surface area contributed by atoms with E-state index < -0.39 is 5.60 Å². The van der Waals surface area contributed by atoms with Gasteiger partial charge >= 0.3 is 0 Å². The molecule has 0 radical (unpaired) electrons. The van der Waals surface area contributed by atoms with Crippen LogP contribution in [-0.2, 0) is 11.3 Å². The van der Waals surface area contributed by atoms with Crippen molar-refractivity contribution in [2.75, 3.05) is 6.61 Å². The highest BCUT2D eigenvalue weighted by atomic mass is 16.5. The van der Waals surface area contributed by atoms with Crippen LogP contribution in [0.15, 0.2) is 18.2 Å². The Morgan fingerprint density at radius 2 is 2.11 bits per heavy atom. The van der Waals surface area contributed by atoms with Crippen LogP contribution < -0.4 is 10.1 Å². The van der Waals surface area contributed by atoms with Crippen molar-refractivity contribution in [2.45, 2.75) is 39.8 Å². The van der Waals surface area contributed by atoms with Gasteiger partial charge in [0.1, 0.15) is 11.4 Å². The van der Waals surface area contributed by atoms with E-state index in [1.165, 1.54) is 13.8 Å². The lowest BCUT2D eigenvalue weighted by atomic mass is 10.1. The number of amides is 1. The summed E-state index contributed by atoms with van der Waals surface area (Å²) in [5, 5.41) is 12.2. The minimum atomic E-state index is -1.35. The van der Waals surface area contributed by atoms with E-state index in [4.69, 9.17) is 4.74 Å². The number of carbonyl (C=O) groups excluding carboxylic acids is 1. The van der Waals surface area contributed by atoms with Crippen LogP contribution in [0.25, 0.3) is 0 Å². The predicted molar refractivity (Wildman–Crippen MR) is 70.5 cm³/mol. The molecule has 1 amide bonds. The molecular weight excluding hydrogens is 230 g/mol. The monoisotopic (exact) mass is 251 g/mol. The van der Waals surface area contributed by atoms with Crippen LogP contribution in [0.4, 0.5) is 0 Å². The Kier molecular flexibility index (Phi) is 4.73. The van der Waals surface area contributed by atoms with E-state index in [9.17, 15) is 9.90 Å². The van der Waals surface area contributed by atoms with Gasteiger partial charge in [-0.2, -0.15) is 0 Å². The molecule has 0 aromatic heterocycles. The van der Waals surface area contributed by atoms with Gasteiger partial charge < -0.3 is 15.2 Å². The number of nitrogens with one attached hydrogen (secondary N) is 1. The molecule has 0 aliphatic rings. The van der Waals surface area contributed by atoms with Crippen molar-refractivity contribution in [3.05, 3.63) is 29.3 Å². The Morgan fingerprint density at radius 3 is 2.61 bits per heavy atom. The number of ether oxygens (including phenoxy) is 1. The van der Waals surface area contributed by atoms with Gasteiger partial charge in [0.2, 0.25) is 0 Å². The minimum Gasteiger partial charge on any atom is -0.494 e. The topological polar surface area (TPSA) is 58.6 Å². The van der Waals surface area contributed by atoms with Gasteiger partial charge in [0, 0.05) is 6.54 Å². The molecule has 0 atom stereocenters. The molecule has 1 aromatic carbocycles. The first-order valence-electron chi connectivity index (χ1n) is 6.07. The van der Waals surface area contributed by atoms with E-state index in [0.717, 1.165) is 16.9 Å². The molecule has 2 N–H and O–H groups in total. The first kappa shape index (κ1) is 14.5. The molecule has 0 aliphatic carbocycles. The number of aliphatic hydroxyl groups is 1. The van der Waals surface area contributed by atoms with Crippen molar-refractivity contribution in [3.8, 4) is 5.75 Å². The minimum absolute atomic E-state index is 0.381. The summed E-state index contributed by atoms with van der Waals surface area (Å²) in [5.41, 5.74) is 0.667. The third kappa shape index (κ3) is 4.04. The highest BCUT2D eigenvalue weighted by molar-refractivity contribution is 5.83. The van der Waals surface area contributed by atoms with Crippen LogP contribution in [-0.4, -0.2) is 23.2 Å². The molecule has 1 aromatic rings. The van der Waals surface area contributed by atoms with Gasteiger partial charge in [-0.05, 0) is 44.9 Å². The fraction of sp³-hybridized carbons (Fsp3) is 0.500. The number of carbonyl (C=O) groups is 1. The Balaban J connectivity index is 2.64. The summed E-state index contributed by atoms with van der Waals surface area (Å²) >= 11 is 0. The van der Waals surface area contributed by atoms with Crippen molar-refractivity contribution < 1.29 is 14.6 Å². The molecule has 0 saturated carbocycles. The van der Waals surface area contributed by atoms with Crippen LogP contribution in [0.1, 0.15) is 31.9 Å². The Hall–Kier alpha value is -1.55. The SMILES string of the molecule is CCOc1ccc(CNC(=O)C(C)(C)O)cc1C. The summed E-state index contributed by atoms with van der Waals surface area (Å²) in [6, 6.07) is 5.77. The van der Waals surface area contributed by atoms with Gasteiger partial charge in [0.25, 0.3) is 5.91 Å². The van der Waals surface area contributed by atoms with E-state index in [1.54, 1.807) is 0 Å². The van der Waals surface area contributed by atoms with Crippen molar-refractivity contribution in [1.82, 2.24) is 5.32 Å². The summed E-state index contributed by atoms with van der Waals surface area (Å²) < 4.78 is 5.44. The average Bonchev–Trinajstić information content (AvgIpc) is 2.28. The second-order valence-electron chi connectivity index (χ2n) is 4.77. The van der Waals surface area contributed by atoms with Gasteiger partial charge in [0.15, 0.2) is 0 Å². The molecule has 0 heterocycles. The predicted octanol–water partition coefficient (Wildman–Crippen LogP) is 1.78. The van der Waals surface area contributed by atoms with Gasteiger partial charge in [-0.1, -0.05) is 12.1 Å². The zero-order chi connectivity index (χ0) is 13.8. The van der Waals surface area contributed by atoms with Crippen LogP contribution in [0.3, 0.4) is 0 Å². The molecular formula is C14H21NO3. The molecule has 1 rings (SSSR count). The molecule has 0 aliphatic heterocycles. The average molecular weight is 251 g/mol. The second-order valence-corrected chi connectivity index (χ2v) is 4.77. The molecule has 0 bridgehead atoms. The molecule has 18 heavy (non-hydrogen) atoms. The molecule has 4 heteroatoms. The van der Waals surface area contributed by atoms with Crippen LogP contribution in [0.5, 0.6) is 5.75 Å². The molecule has 0 fully saturated rings. The first-order valence-corrected chi connectivity index (χ1v) is 6.07. The van der Waals surface area contributed by atoms with Crippen molar-refractivity contribution in [3.63, 3.8) is 0 Å². The van der Waals surface area contributed by atoms with Gasteiger partial charge in [-0.3, -0.25) is 4.79 Å². The van der Waals surface area contributed by atoms with E-state index >= 15 is 0 Å². The summed E-state index contributed by atoms with van der Waals surface area (Å²) in [5.74, 6) is 0.476. The fourth-order valence-corrected chi connectivity index (χ4v) is 1.54. The lowest BCUT2D eigenvalue weighted by Gasteiger charge is -2.17. The number of hydrogen-bond acceptors (Lipinski definition) is 3. The normalized spacial score (nSPS) is 11.2. The zero-order valence-corrected chi connectivity index (χ0v) is 11.4. The summed E-state index contributed by atoms with van der Waals surface area (Å²) in [7, 11) is 0. The van der Waals surface area contributed by atoms with Gasteiger partial charge in [-0.25, -0.2) is 0 Å². The van der Waals surface area contributed by atoms with Crippen molar-refractivity contribution in [2.24, 2.45) is 0 Å². The van der Waals surface area contributed by atoms with E-state index in [2.05, 4.69) is 5.32 Å². The maximum atomic E-state index is 11.5. The first-order chi connectivity index (χ1) is 8.34. The smallest absolute Gasteiger partial charge is 0.251 e. The Morgan fingerprint density at radius 1 is 1.44 bits per heavy atom. The van der Waals surface area contributed by atoms with E-state index in [1.807, 2.05) is 32.0 Å². The van der Waals surface area contributed by atoms with Gasteiger partial charge in [-0.15, -0.1) is 0 Å². The van der Waals surface area contributed by atoms with Crippen LogP contribution in [0, 0.1) is 6.92 Å². The quantitative estimate of drug-likeness (QED) is 0.838. The third-order valence-corrected chi connectivity index (χ3v) is 2.55. The van der Waals surface area contributed by atoms with Crippen LogP contribution >= 0.6 is 0 Å². The van der Waals surface area contributed by atoms with E-state index in [0.29, 0.717) is 13.2 Å². The largest absolute Gasteiger partial charge is 0.494 e. The zero-order valence-electron chi connectivity index (χ0n) is 11.4. The molecule has 0 saturated heterocycles. The van der Waals surface area contributed by atoms with Crippen molar-refractivity contribution >= 4 is 5.91 Å². The second kappa shape index (κ2) is 5.87. The summed E-state index contributed by atoms with van der Waals surface area (Å²) in [4.78, 5) is 11.5. The standard InChI is InChI=1S/C14H21NO3/c1-5-18-12-7-6-11(8-10(12)2)9-15-13(16)14(3,4)17/h6-8,17H,5,9H2,1-4H3,(H,15,16). The highest BCUT2D eigenvalue weighted by Crippen LogP contribution is 2.19. The third-order valence-electron chi connectivity index (χ3n) is 2.55. The lowest BCUT2D eigenvalue weighted by Crippen LogP contribution is -2.41. The van der Waals surface area contributed by atoms with Crippen LogP contribution in [0.2, 0.25) is 0 Å². The maximum Gasteiger partial charge on any atom is 0.251 e. The molecule has 4 nitrogen and oxygen atoms in total. The Bertz CT molecular complexity index is 422. The highest BCUT2D eigenvalue weighted by Gasteiger charge is 2.22. The lowest BCUT2D eigenvalue weighted by molar-refractivity contribution is -0.136. The molecule has 0 unspecified atom stereocenters. The number of hydrogen-bond donors (Lipinski definition) is 2. The van der Waals surface area contributed by atoms with E-state index in [-0.39, 0.29) is 5.91 Å². The number of rotatable bonds is 5. The summed E-state index contributed by atoms with van der Waals surface area (Å²) in [6.45, 7) is 7.87. The molecule has 0 spiro atoms.